The minimum atomic E-state index is 0.0208. The summed E-state index contributed by atoms with van der Waals surface area (Å²) in [7, 11) is 0. The zero-order valence-corrected chi connectivity index (χ0v) is 20.0. The van der Waals surface area contributed by atoms with Crippen LogP contribution >= 0.6 is 11.3 Å². The molecule has 0 bridgehead atoms. The van der Waals surface area contributed by atoms with Gasteiger partial charge in [0.05, 0.1) is 27.5 Å². The first-order chi connectivity index (χ1) is 15.3. The Bertz CT molecular complexity index is 1130. The molecule has 2 aromatic heterocycles. The molecule has 170 valence electrons. The molecule has 1 aromatic carbocycles. The number of carbonyl (C=O) groups is 2. The lowest BCUT2D eigenvalue weighted by atomic mass is 9.92. The zero-order valence-electron chi connectivity index (χ0n) is 19.2. The highest BCUT2D eigenvalue weighted by Gasteiger charge is 2.26. The maximum Gasteiger partial charge on any atom is 0.253 e. The molecule has 3 heterocycles. The monoisotopic (exact) mass is 453 g/mol. The number of carbonyl (C=O) groups excluding carboxylic acids is 2. The average Bonchev–Trinajstić information content (AvgIpc) is 3.26. The molecule has 2 amide bonds. The van der Waals surface area contributed by atoms with Crippen LogP contribution in [-0.4, -0.2) is 50.6 Å². The van der Waals surface area contributed by atoms with Gasteiger partial charge in [-0.2, -0.15) is 5.10 Å². The molecule has 0 spiro atoms. The molecule has 1 aliphatic heterocycles. The van der Waals surface area contributed by atoms with Gasteiger partial charge in [-0.3, -0.25) is 14.3 Å². The van der Waals surface area contributed by atoms with Crippen molar-refractivity contribution in [3.05, 3.63) is 46.2 Å². The quantitative estimate of drug-likeness (QED) is 0.615. The van der Waals surface area contributed by atoms with Crippen molar-refractivity contribution in [3.63, 3.8) is 0 Å². The lowest BCUT2D eigenvalue weighted by Crippen LogP contribution is -2.41. The predicted molar refractivity (Wildman–Crippen MR) is 127 cm³/mol. The number of fused-ring (bicyclic) bond motifs is 1. The molecule has 1 aliphatic rings. The Morgan fingerprint density at radius 1 is 1.19 bits per heavy atom. The third-order valence-corrected chi connectivity index (χ3v) is 7.01. The highest BCUT2D eigenvalue weighted by atomic mass is 32.1. The Balaban J connectivity index is 1.25. The SMILES string of the molecule is Cc1cc(C)n(CC(C)NC(=O)CC2CCN(C(=O)c3ccc4nc(C)sc4c3)CC2)n1. The van der Waals surface area contributed by atoms with Crippen LogP contribution in [0.5, 0.6) is 0 Å². The fourth-order valence-corrected chi connectivity index (χ4v) is 5.32. The van der Waals surface area contributed by atoms with Gasteiger partial charge in [0.1, 0.15) is 0 Å². The number of rotatable bonds is 6. The summed E-state index contributed by atoms with van der Waals surface area (Å²) in [5.74, 6) is 0.459. The number of likely N-dealkylation sites (tertiary alicyclic amines) is 1. The maximum absolute atomic E-state index is 12.9. The first-order valence-corrected chi connectivity index (χ1v) is 12.1. The second kappa shape index (κ2) is 9.40. The smallest absolute Gasteiger partial charge is 0.253 e. The van der Waals surface area contributed by atoms with Crippen molar-refractivity contribution in [3.8, 4) is 0 Å². The van der Waals surface area contributed by atoms with E-state index in [4.69, 9.17) is 0 Å². The topological polar surface area (TPSA) is 80.1 Å². The first kappa shape index (κ1) is 22.5. The third kappa shape index (κ3) is 5.18. The molecule has 4 rings (SSSR count). The summed E-state index contributed by atoms with van der Waals surface area (Å²) in [5.41, 5.74) is 3.76. The van der Waals surface area contributed by atoms with Gasteiger partial charge in [0.2, 0.25) is 5.91 Å². The van der Waals surface area contributed by atoms with Crippen molar-refractivity contribution < 1.29 is 9.59 Å². The van der Waals surface area contributed by atoms with Crippen LogP contribution in [0, 0.1) is 26.7 Å². The van der Waals surface area contributed by atoms with Gasteiger partial charge < -0.3 is 10.2 Å². The number of piperidine rings is 1. The number of thiazole rings is 1. The Hall–Kier alpha value is -2.74. The molecule has 8 heteroatoms. The van der Waals surface area contributed by atoms with Gasteiger partial charge >= 0.3 is 0 Å². The highest BCUT2D eigenvalue weighted by Crippen LogP contribution is 2.25. The van der Waals surface area contributed by atoms with Crippen molar-refractivity contribution in [2.75, 3.05) is 13.1 Å². The number of aryl methyl sites for hydroxylation is 3. The summed E-state index contributed by atoms with van der Waals surface area (Å²) in [4.78, 5) is 31.9. The van der Waals surface area contributed by atoms with E-state index in [9.17, 15) is 9.59 Å². The van der Waals surface area contributed by atoms with Gasteiger partial charge in [0.25, 0.3) is 5.91 Å². The molecule has 0 saturated carbocycles. The van der Waals surface area contributed by atoms with Crippen molar-refractivity contribution >= 4 is 33.4 Å². The van der Waals surface area contributed by atoms with Crippen molar-refractivity contribution in [2.45, 2.75) is 59.5 Å². The number of nitrogens with one attached hydrogen (secondary N) is 1. The summed E-state index contributed by atoms with van der Waals surface area (Å²) in [6.07, 6.45) is 2.22. The minimum Gasteiger partial charge on any atom is -0.352 e. The lowest BCUT2D eigenvalue weighted by molar-refractivity contribution is -0.123. The van der Waals surface area contributed by atoms with Crippen LogP contribution in [0.1, 0.15) is 52.9 Å². The van der Waals surface area contributed by atoms with Gasteiger partial charge in [-0.1, -0.05) is 0 Å². The summed E-state index contributed by atoms with van der Waals surface area (Å²) in [6, 6.07) is 7.81. The molecule has 3 aromatic rings. The summed E-state index contributed by atoms with van der Waals surface area (Å²) >= 11 is 1.61. The van der Waals surface area contributed by atoms with E-state index < -0.39 is 0 Å². The molecule has 0 aliphatic carbocycles. The lowest BCUT2D eigenvalue weighted by Gasteiger charge is -2.32. The molecule has 1 N–H and O–H groups in total. The number of aromatic nitrogens is 3. The van der Waals surface area contributed by atoms with E-state index in [1.807, 2.05) is 61.5 Å². The van der Waals surface area contributed by atoms with E-state index in [1.165, 1.54) is 0 Å². The number of benzene rings is 1. The molecule has 0 radical (unpaired) electrons. The van der Waals surface area contributed by atoms with E-state index in [-0.39, 0.29) is 17.9 Å². The zero-order chi connectivity index (χ0) is 22.8. The molecule has 7 nitrogen and oxygen atoms in total. The maximum atomic E-state index is 12.9. The molecule has 32 heavy (non-hydrogen) atoms. The normalized spacial score (nSPS) is 15.8. The Morgan fingerprint density at radius 2 is 1.94 bits per heavy atom. The molecule has 1 fully saturated rings. The number of nitrogens with zero attached hydrogens (tertiary/aromatic N) is 4. The largest absolute Gasteiger partial charge is 0.352 e. The Morgan fingerprint density at radius 3 is 2.62 bits per heavy atom. The summed E-state index contributed by atoms with van der Waals surface area (Å²) in [5, 5.41) is 8.58. The molecular formula is C24H31N5O2S. The molecule has 1 atom stereocenters. The summed E-state index contributed by atoms with van der Waals surface area (Å²) in [6.45, 7) is 10.0. The number of amides is 2. The van der Waals surface area contributed by atoms with Crippen molar-refractivity contribution in [1.29, 1.82) is 0 Å². The van der Waals surface area contributed by atoms with Crippen LogP contribution in [0.25, 0.3) is 10.2 Å². The van der Waals surface area contributed by atoms with E-state index in [1.54, 1.807) is 11.3 Å². The summed E-state index contributed by atoms with van der Waals surface area (Å²) < 4.78 is 2.99. The van der Waals surface area contributed by atoms with Gasteiger partial charge in [-0.25, -0.2) is 4.98 Å². The van der Waals surface area contributed by atoms with Crippen molar-refractivity contribution in [2.24, 2.45) is 5.92 Å². The standard InChI is InChI=1S/C24H31N5O2S/c1-15-11-17(3)29(27-15)14-16(2)25-23(30)12-19-7-9-28(10-8-19)24(31)20-5-6-21-22(13-20)32-18(4)26-21/h5-6,11,13,16,19H,7-10,12,14H2,1-4H3,(H,25,30). The highest BCUT2D eigenvalue weighted by molar-refractivity contribution is 7.18. The fraction of sp³-hybridized carbons (Fsp3) is 0.500. The van der Waals surface area contributed by atoms with E-state index >= 15 is 0 Å². The Labute approximate surface area is 192 Å². The van der Waals surface area contributed by atoms with Gasteiger partial charge in [0.15, 0.2) is 0 Å². The van der Waals surface area contributed by atoms with Crippen LogP contribution in [-0.2, 0) is 11.3 Å². The van der Waals surface area contributed by atoms with Crippen LogP contribution in [0.4, 0.5) is 0 Å². The number of hydrogen-bond acceptors (Lipinski definition) is 5. The molecule has 1 saturated heterocycles. The Kier molecular flexibility index (Phi) is 6.60. The first-order valence-electron chi connectivity index (χ1n) is 11.3. The van der Waals surface area contributed by atoms with Crippen LogP contribution in [0.3, 0.4) is 0 Å². The van der Waals surface area contributed by atoms with Crippen molar-refractivity contribution in [1.82, 2.24) is 25.0 Å². The molecular weight excluding hydrogens is 422 g/mol. The van der Waals surface area contributed by atoms with Crippen LogP contribution < -0.4 is 5.32 Å². The number of hydrogen-bond donors (Lipinski definition) is 1. The average molecular weight is 454 g/mol. The van der Waals surface area contributed by atoms with E-state index in [0.29, 0.717) is 32.0 Å². The van der Waals surface area contributed by atoms with Crippen LogP contribution in [0.15, 0.2) is 24.3 Å². The van der Waals surface area contributed by atoms with Crippen LogP contribution in [0.2, 0.25) is 0 Å². The van der Waals surface area contributed by atoms with Gasteiger partial charge in [0, 0.05) is 36.8 Å². The van der Waals surface area contributed by atoms with E-state index in [0.717, 1.165) is 45.0 Å². The fourth-order valence-electron chi connectivity index (χ4n) is 4.46. The predicted octanol–water partition coefficient (Wildman–Crippen LogP) is 3.87. The third-order valence-electron chi connectivity index (χ3n) is 6.08. The van der Waals surface area contributed by atoms with E-state index in [2.05, 4.69) is 15.4 Å². The van der Waals surface area contributed by atoms with Gasteiger partial charge in [-0.05, 0) is 70.7 Å². The second-order valence-electron chi connectivity index (χ2n) is 8.93. The molecule has 1 unspecified atom stereocenters. The minimum absolute atomic E-state index is 0.0208. The van der Waals surface area contributed by atoms with Gasteiger partial charge in [-0.15, -0.1) is 11.3 Å². The second-order valence-corrected chi connectivity index (χ2v) is 10.2.